The average Bonchev–Trinajstić information content (AvgIpc) is 2.06. The van der Waals surface area contributed by atoms with Crippen molar-refractivity contribution in [3.05, 3.63) is 42.3 Å². The van der Waals surface area contributed by atoms with Gasteiger partial charge in [-0.1, -0.05) is 24.8 Å². The Balaban J connectivity index is 3.24. The Hall–Kier alpha value is -1.09. The quantitative estimate of drug-likeness (QED) is 0.667. The molecule has 3 heteroatoms. The second-order valence-corrected chi connectivity index (χ2v) is 3.73. The maximum absolute atomic E-state index is 11.0. The van der Waals surface area contributed by atoms with E-state index in [0.717, 1.165) is 0 Å². The van der Waals surface area contributed by atoms with Crippen LogP contribution in [-0.4, -0.2) is 8.42 Å². The van der Waals surface area contributed by atoms with Crippen LogP contribution in [0.5, 0.6) is 0 Å². The summed E-state index contributed by atoms with van der Waals surface area (Å²) in [5.74, 6) is 0. The molecule has 0 unspecified atom stereocenters. The molecule has 0 atom stereocenters. The molecule has 0 saturated heterocycles. The molecule has 0 heterocycles. The summed E-state index contributed by atoms with van der Waals surface area (Å²) < 4.78 is 22.1. The molecule has 0 saturated carbocycles. The average molecular weight is 167 g/mol. The van der Waals surface area contributed by atoms with Crippen LogP contribution in [0.4, 0.5) is 0 Å². The topological polar surface area (TPSA) is 34.1 Å². The lowest BCUT2D eigenvalue weighted by Gasteiger charge is -1.94. The summed E-state index contributed by atoms with van der Waals surface area (Å²) in [6.45, 7) is 3.10. The van der Waals surface area contributed by atoms with E-state index in [9.17, 15) is 8.42 Å². The zero-order valence-electron chi connectivity index (χ0n) is 5.82. The summed E-state index contributed by atoms with van der Waals surface area (Å²) in [4.78, 5) is 0.231. The van der Waals surface area contributed by atoms with Gasteiger partial charge in [0.05, 0.1) is 10.3 Å². The number of rotatable bonds is 2. The second kappa shape index (κ2) is 2.88. The van der Waals surface area contributed by atoms with Crippen LogP contribution in [-0.2, 0) is 9.84 Å². The molecule has 0 aliphatic heterocycles. The fourth-order valence-corrected chi connectivity index (χ4v) is 1.37. The van der Waals surface area contributed by atoms with Gasteiger partial charge in [0.1, 0.15) is 0 Å². The monoisotopic (exact) mass is 167 g/mol. The highest BCUT2D eigenvalue weighted by atomic mass is 32.2. The third-order valence-corrected chi connectivity index (χ3v) is 2.52. The molecule has 0 bridgehead atoms. The Labute approximate surface area is 66.1 Å². The first-order chi connectivity index (χ1) is 5.17. The van der Waals surface area contributed by atoms with Crippen LogP contribution in [0.3, 0.4) is 0 Å². The molecule has 1 radical (unpaired) electrons. The van der Waals surface area contributed by atoms with Crippen LogP contribution in [0.1, 0.15) is 0 Å². The van der Waals surface area contributed by atoms with Crippen LogP contribution in [0.15, 0.2) is 41.8 Å². The highest BCUT2D eigenvalue weighted by Gasteiger charge is 2.07. The fourth-order valence-electron chi connectivity index (χ4n) is 0.683. The predicted molar refractivity (Wildman–Crippen MR) is 42.5 cm³/mol. The summed E-state index contributed by atoms with van der Waals surface area (Å²) >= 11 is 0. The van der Waals surface area contributed by atoms with Crippen molar-refractivity contribution in [2.45, 2.75) is 4.90 Å². The number of sulfone groups is 1. The third kappa shape index (κ3) is 1.68. The van der Waals surface area contributed by atoms with Crippen LogP contribution in [0.25, 0.3) is 0 Å². The molecule has 57 valence electrons. The van der Waals surface area contributed by atoms with Gasteiger partial charge in [-0.2, -0.15) is 0 Å². The summed E-state index contributed by atoms with van der Waals surface area (Å²) in [5.41, 5.74) is 0. The Morgan fingerprint density at radius 2 is 1.73 bits per heavy atom. The van der Waals surface area contributed by atoms with E-state index < -0.39 is 9.84 Å². The second-order valence-electron chi connectivity index (χ2n) is 1.96. The van der Waals surface area contributed by atoms with Gasteiger partial charge in [0.15, 0.2) is 0 Å². The van der Waals surface area contributed by atoms with Gasteiger partial charge in [0, 0.05) is 0 Å². The molecule has 0 aliphatic carbocycles. The molecule has 0 aliphatic rings. The molecule has 11 heavy (non-hydrogen) atoms. The van der Waals surface area contributed by atoms with Gasteiger partial charge in [-0.25, -0.2) is 8.42 Å². The number of benzene rings is 1. The van der Waals surface area contributed by atoms with Crippen molar-refractivity contribution in [3.63, 3.8) is 0 Å². The molecule has 2 nitrogen and oxygen atoms in total. The predicted octanol–water partition coefficient (Wildman–Crippen LogP) is 1.41. The van der Waals surface area contributed by atoms with Crippen molar-refractivity contribution < 1.29 is 8.42 Å². The first-order valence-corrected chi connectivity index (χ1v) is 4.49. The van der Waals surface area contributed by atoms with Crippen LogP contribution in [0, 0.1) is 5.41 Å². The molecule has 0 N–H and O–H groups in total. The fraction of sp³-hybridized carbons (Fsp3) is 0. The first-order valence-electron chi connectivity index (χ1n) is 3.01. The van der Waals surface area contributed by atoms with Gasteiger partial charge in [0.25, 0.3) is 0 Å². The summed E-state index contributed by atoms with van der Waals surface area (Å²) in [6.07, 6.45) is 0. The molecular formula is C8H7O2S. The zero-order valence-corrected chi connectivity index (χ0v) is 6.64. The smallest absolute Gasteiger partial charge is 0.207 e. The van der Waals surface area contributed by atoms with Gasteiger partial charge >= 0.3 is 0 Å². The lowest BCUT2D eigenvalue weighted by Crippen LogP contribution is -1.94. The normalized spacial score (nSPS) is 10.9. The minimum absolute atomic E-state index is 0.231. The molecule has 1 aromatic rings. The van der Waals surface area contributed by atoms with Crippen molar-refractivity contribution in [1.82, 2.24) is 0 Å². The minimum Gasteiger partial charge on any atom is -0.218 e. The van der Waals surface area contributed by atoms with E-state index in [2.05, 4.69) is 6.58 Å². The number of hydrogen-bond donors (Lipinski definition) is 0. The largest absolute Gasteiger partial charge is 0.218 e. The van der Waals surface area contributed by atoms with E-state index in [1.165, 1.54) is 12.1 Å². The number of hydrogen-bond acceptors (Lipinski definition) is 2. The maximum atomic E-state index is 11.0. The van der Waals surface area contributed by atoms with Crippen LogP contribution in [0.2, 0.25) is 0 Å². The van der Waals surface area contributed by atoms with Gasteiger partial charge in [-0.15, -0.1) is 0 Å². The van der Waals surface area contributed by atoms with E-state index >= 15 is 0 Å². The van der Waals surface area contributed by atoms with Gasteiger partial charge in [-0.05, 0) is 12.1 Å². The lowest BCUT2D eigenvalue weighted by atomic mass is 10.4. The molecule has 0 fully saturated rings. The van der Waals surface area contributed by atoms with Crippen molar-refractivity contribution in [2.24, 2.45) is 0 Å². The van der Waals surface area contributed by atoms with E-state index in [-0.39, 0.29) is 4.90 Å². The SMILES string of the molecule is C=[C]S(=O)(=O)c1ccccc1. The minimum atomic E-state index is -3.36. The van der Waals surface area contributed by atoms with Gasteiger partial charge in [-0.3, -0.25) is 0 Å². The Bertz CT molecular complexity index is 338. The Kier molecular flexibility index (Phi) is 2.10. The van der Waals surface area contributed by atoms with Crippen LogP contribution >= 0.6 is 0 Å². The van der Waals surface area contributed by atoms with Crippen LogP contribution < -0.4 is 0 Å². The third-order valence-electron chi connectivity index (χ3n) is 1.24. The molecule has 1 aromatic carbocycles. The molecule has 0 amide bonds. The van der Waals surface area contributed by atoms with Crippen molar-refractivity contribution in [3.8, 4) is 0 Å². The zero-order chi connectivity index (χ0) is 8.32. The first kappa shape index (κ1) is 8.01. The molecule has 0 spiro atoms. The van der Waals surface area contributed by atoms with Gasteiger partial charge < -0.3 is 0 Å². The molecular weight excluding hydrogens is 160 g/mol. The Morgan fingerprint density at radius 1 is 1.18 bits per heavy atom. The lowest BCUT2D eigenvalue weighted by molar-refractivity contribution is 0.603. The van der Waals surface area contributed by atoms with E-state index in [1.54, 1.807) is 18.2 Å². The van der Waals surface area contributed by atoms with E-state index in [0.29, 0.717) is 0 Å². The highest BCUT2D eigenvalue weighted by molar-refractivity contribution is 7.93. The van der Waals surface area contributed by atoms with Crippen molar-refractivity contribution in [1.29, 1.82) is 0 Å². The van der Waals surface area contributed by atoms with E-state index in [1.807, 2.05) is 5.41 Å². The highest BCUT2D eigenvalue weighted by Crippen LogP contribution is 2.08. The van der Waals surface area contributed by atoms with Crippen molar-refractivity contribution in [2.75, 3.05) is 0 Å². The molecule has 1 rings (SSSR count). The maximum Gasteiger partial charge on any atom is 0.207 e. The summed E-state index contributed by atoms with van der Waals surface area (Å²) in [6, 6.07) is 8.08. The summed E-state index contributed by atoms with van der Waals surface area (Å²) in [5, 5.41) is 1.98. The standard InChI is InChI=1S/C8H7O2S/c1-2-11(9,10)8-6-4-3-5-7-8/h3-7H,1H2. The summed E-state index contributed by atoms with van der Waals surface area (Å²) in [7, 11) is -3.36. The Morgan fingerprint density at radius 3 is 2.18 bits per heavy atom. The van der Waals surface area contributed by atoms with E-state index in [4.69, 9.17) is 0 Å². The van der Waals surface area contributed by atoms with Crippen molar-refractivity contribution >= 4 is 9.84 Å². The van der Waals surface area contributed by atoms with Gasteiger partial charge in [0.2, 0.25) is 9.84 Å². The molecule has 0 aromatic heterocycles.